The second kappa shape index (κ2) is 5.54. The standard InChI is InChI=1S/C15H11BrClFN2/c16-10-4-3-5-11(18)15(10)20-13-7-2-1-6-12(13)19-14(20)8-9-17/h1-7H,8-9H2. The van der Waals surface area contributed by atoms with Crippen LogP contribution >= 0.6 is 27.5 Å². The van der Waals surface area contributed by atoms with Crippen LogP contribution in [-0.4, -0.2) is 15.4 Å². The largest absolute Gasteiger partial charge is 0.292 e. The van der Waals surface area contributed by atoms with E-state index in [4.69, 9.17) is 11.6 Å². The van der Waals surface area contributed by atoms with E-state index in [-0.39, 0.29) is 5.82 Å². The molecule has 5 heteroatoms. The van der Waals surface area contributed by atoms with Gasteiger partial charge < -0.3 is 0 Å². The summed E-state index contributed by atoms with van der Waals surface area (Å²) in [4.78, 5) is 4.55. The molecule has 1 aromatic heterocycles. The number of benzene rings is 2. The van der Waals surface area contributed by atoms with Crippen LogP contribution in [0.25, 0.3) is 16.7 Å². The Morgan fingerprint density at radius 2 is 1.95 bits per heavy atom. The summed E-state index contributed by atoms with van der Waals surface area (Å²) in [5.41, 5.74) is 2.18. The zero-order valence-corrected chi connectivity index (χ0v) is 12.8. The van der Waals surface area contributed by atoms with Gasteiger partial charge in [-0.15, -0.1) is 11.6 Å². The highest BCUT2D eigenvalue weighted by molar-refractivity contribution is 9.10. The molecule has 102 valence electrons. The van der Waals surface area contributed by atoms with Crippen LogP contribution in [0.4, 0.5) is 4.39 Å². The van der Waals surface area contributed by atoms with Gasteiger partial charge in [-0.1, -0.05) is 18.2 Å². The summed E-state index contributed by atoms with van der Waals surface area (Å²) >= 11 is 9.26. The summed E-state index contributed by atoms with van der Waals surface area (Å²) in [6.45, 7) is 0. The molecular formula is C15H11BrClFN2. The zero-order valence-electron chi connectivity index (χ0n) is 10.5. The van der Waals surface area contributed by atoms with Crippen LogP contribution in [0.2, 0.25) is 0 Å². The predicted octanol–water partition coefficient (Wildman–Crippen LogP) is 4.71. The van der Waals surface area contributed by atoms with Crippen LogP contribution in [-0.2, 0) is 6.42 Å². The van der Waals surface area contributed by atoms with Crippen LogP contribution in [0, 0.1) is 5.82 Å². The zero-order chi connectivity index (χ0) is 14.1. The second-order valence-corrected chi connectivity index (χ2v) is 5.59. The average Bonchev–Trinajstić information content (AvgIpc) is 2.78. The summed E-state index contributed by atoms with van der Waals surface area (Å²) in [5.74, 6) is 0.903. The minimum Gasteiger partial charge on any atom is -0.292 e. The first-order valence-corrected chi connectivity index (χ1v) is 7.52. The molecule has 1 heterocycles. The Labute approximate surface area is 129 Å². The molecular weight excluding hydrogens is 343 g/mol. The van der Waals surface area contributed by atoms with E-state index in [0.29, 0.717) is 22.5 Å². The minimum atomic E-state index is -0.293. The molecule has 20 heavy (non-hydrogen) atoms. The normalized spacial score (nSPS) is 11.2. The van der Waals surface area contributed by atoms with Crippen molar-refractivity contribution in [1.29, 1.82) is 0 Å². The molecule has 3 aromatic rings. The first kappa shape index (κ1) is 13.6. The monoisotopic (exact) mass is 352 g/mol. The molecule has 0 saturated heterocycles. The summed E-state index contributed by atoms with van der Waals surface area (Å²) in [6, 6.07) is 12.6. The predicted molar refractivity (Wildman–Crippen MR) is 83.2 cm³/mol. The van der Waals surface area contributed by atoms with E-state index in [1.54, 1.807) is 6.07 Å². The van der Waals surface area contributed by atoms with Crippen LogP contribution in [0.1, 0.15) is 5.82 Å². The smallest absolute Gasteiger partial charge is 0.148 e. The molecule has 0 unspecified atom stereocenters. The van der Waals surface area contributed by atoms with Crippen LogP contribution < -0.4 is 0 Å². The SMILES string of the molecule is Fc1cccc(Br)c1-n1c(CCCl)nc2ccccc21. The quantitative estimate of drug-likeness (QED) is 0.624. The van der Waals surface area contributed by atoms with Gasteiger partial charge in [-0.05, 0) is 40.2 Å². The summed E-state index contributed by atoms with van der Waals surface area (Å²) in [6.07, 6.45) is 0.580. The number of imidazole rings is 1. The maximum absolute atomic E-state index is 14.3. The van der Waals surface area contributed by atoms with E-state index >= 15 is 0 Å². The number of aromatic nitrogens is 2. The summed E-state index contributed by atoms with van der Waals surface area (Å²) in [5, 5.41) is 0. The van der Waals surface area contributed by atoms with Gasteiger partial charge >= 0.3 is 0 Å². The van der Waals surface area contributed by atoms with E-state index in [2.05, 4.69) is 20.9 Å². The fourth-order valence-corrected chi connectivity index (χ4v) is 2.97. The van der Waals surface area contributed by atoms with Gasteiger partial charge in [0.05, 0.1) is 16.7 Å². The van der Waals surface area contributed by atoms with Crippen molar-refractivity contribution in [3.63, 3.8) is 0 Å². The Hall–Kier alpha value is -1.39. The van der Waals surface area contributed by atoms with Gasteiger partial charge in [0, 0.05) is 16.8 Å². The Morgan fingerprint density at radius 1 is 1.15 bits per heavy atom. The third-order valence-electron chi connectivity index (χ3n) is 3.11. The topological polar surface area (TPSA) is 17.8 Å². The lowest BCUT2D eigenvalue weighted by Crippen LogP contribution is -2.05. The number of hydrogen-bond acceptors (Lipinski definition) is 1. The number of halogens is 3. The molecule has 0 aliphatic carbocycles. The van der Waals surface area contributed by atoms with Crippen LogP contribution in [0.5, 0.6) is 0 Å². The van der Waals surface area contributed by atoms with Gasteiger partial charge in [-0.25, -0.2) is 9.37 Å². The molecule has 3 rings (SSSR count). The lowest BCUT2D eigenvalue weighted by atomic mass is 10.2. The third kappa shape index (κ3) is 2.23. The fraction of sp³-hybridized carbons (Fsp3) is 0.133. The fourth-order valence-electron chi connectivity index (χ4n) is 2.28. The molecule has 2 aromatic carbocycles. The van der Waals surface area contributed by atoms with E-state index < -0.39 is 0 Å². The van der Waals surface area contributed by atoms with Gasteiger partial charge in [0.25, 0.3) is 0 Å². The minimum absolute atomic E-state index is 0.293. The first-order chi connectivity index (χ1) is 9.72. The van der Waals surface area contributed by atoms with Gasteiger partial charge in [-0.2, -0.15) is 0 Å². The number of alkyl halides is 1. The van der Waals surface area contributed by atoms with E-state index in [1.807, 2.05) is 34.9 Å². The molecule has 0 atom stereocenters. The highest BCUT2D eigenvalue weighted by atomic mass is 79.9. The highest BCUT2D eigenvalue weighted by Gasteiger charge is 2.17. The molecule has 0 saturated carbocycles. The molecule has 0 fully saturated rings. The lowest BCUT2D eigenvalue weighted by Gasteiger charge is -2.11. The number of para-hydroxylation sites is 3. The van der Waals surface area contributed by atoms with Gasteiger partial charge in [-0.3, -0.25) is 4.57 Å². The van der Waals surface area contributed by atoms with E-state index in [0.717, 1.165) is 16.9 Å². The Kier molecular flexibility index (Phi) is 3.76. The van der Waals surface area contributed by atoms with Crippen molar-refractivity contribution in [2.45, 2.75) is 6.42 Å². The first-order valence-electron chi connectivity index (χ1n) is 6.19. The van der Waals surface area contributed by atoms with Crippen LogP contribution in [0.15, 0.2) is 46.9 Å². The average molecular weight is 354 g/mol. The lowest BCUT2D eigenvalue weighted by molar-refractivity contribution is 0.616. The second-order valence-electron chi connectivity index (χ2n) is 4.36. The Morgan fingerprint density at radius 3 is 2.70 bits per heavy atom. The number of rotatable bonds is 3. The summed E-state index contributed by atoms with van der Waals surface area (Å²) in [7, 11) is 0. The van der Waals surface area contributed by atoms with Gasteiger partial charge in [0.1, 0.15) is 11.6 Å². The van der Waals surface area contributed by atoms with Crippen LogP contribution in [0.3, 0.4) is 0 Å². The maximum Gasteiger partial charge on any atom is 0.148 e. The van der Waals surface area contributed by atoms with Crippen molar-refractivity contribution in [3.8, 4) is 5.69 Å². The van der Waals surface area contributed by atoms with Crippen molar-refractivity contribution in [2.75, 3.05) is 5.88 Å². The molecule has 0 aliphatic rings. The van der Waals surface area contributed by atoms with Crippen molar-refractivity contribution in [1.82, 2.24) is 9.55 Å². The van der Waals surface area contributed by atoms with Gasteiger partial charge in [0.15, 0.2) is 0 Å². The molecule has 0 radical (unpaired) electrons. The number of fused-ring (bicyclic) bond motifs is 1. The molecule has 0 aliphatic heterocycles. The summed E-state index contributed by atoms with van der Waals surface area (Å²) < 4.78 is 16.8. The van der Waals surface area contributed by atoms with E-state index in [9.17, 15) is 4.39 Å². The van der Waals surface area contributed by atoms with Crippen molar-refractivity contribution in [2.24, 2.45) is 0 Å². The molecule has 0 amide bonds. The Bertz CT molecular complexity index is 749. The van der Waals surface area contributed by atoms with Gasteiger partial charge in [0.2, 0.25) is 0 Å². The number of hydrogen-bond donors (Lipinski definition) is 0. The molecule has 2 nitrogen and oxygen atoms in total. The maximum atomic E-state index is 14.3. The number of nitrogens with zero attached hydrogens (tertiary/aromatic N) is 2. The third-order valence-corrected chi connectivity index (χ3v) is 3.94. The molecule has 0 bridgehead atoms. The van der Waals surface area contributed by atoms with E-state index in [1.165, 1.54) is 6.07 Å². The number of aryl methyl sites for hydroxylation is 1. The molecule has 0 N–H and O–H groups in total. The van der Waals surface area contributed by atoms with Crippen molar-refractivity contribution < 1.29 is 4.39 Å². The Balaban J connectivity index is 2.36. The molecule has 0 spiro atoms. The van der Waals surface area contributed by atoms with Crippen molar-refractivity contribution >= 4 is 38.6 Å². The van der Waals surface area contributed by atoms with Crippen molar-refractivity contribution in [3.05, 3.63) is 58.6 Å². The highest BCUT2D eigenvalue weighted by Crippen LogP contribution is 2.29.